The van der Waals surface area contributed by atoms with Crippen LogP contribution in [0.25, 0.3) is 0 Å². The molecule has 0 amide bonds. The second-order valence-electron chi connectivity index (χ2n) is 5.04. The summed E-state index contributed by atoms with van der Waals surface area (Å²) < 4.78 is 23.2. The van der Waals surface area contributed by atoms with Gasteiger partial charge in [0.25, 0.3) is 0 Å². The summed E-state index contributed by atoms with van der Waals surface area (Å²) in [7, 11) is -3.21. The fraction of sp³-hybridized carbons (Fsp3) is 0.538. The minimum atomic E-state index is -3.21. The van der Waals surface area contributed by atoms with Crippen molar-refractivity contribution in [3.63, 3.8) is 0 Å². The van der Waals surface area contributed by atoms with E-state index in [9.17, 15) is 13.5 Å². The molecule has 112 valence electrons. The van der Waals surface area contributed by atoms with Gasteiger partial charge in [-0.3, -0.25) is 4.90 Å². The van der Waals surface area contributed by atoms with Crippen LogP contribution in [0.15, 0.2) is 24.3 Å². The Bertz CT molecular complexity index is 563. The van der Waals surface area contributed by atoms with Crippen molar-refractivity contribution in [1.82, 2.24) is 4.90 Å². The van der Waals surface area contributed by atoms with Gasteiger partial charge in [0.15, 0.2) is 9.84 Å². The van der Waals surface area contributed by atoms with Crippen LogP contribution in [0, 0.1) is 0 Å². The summed E-state index contributed by atoms with van der Waals surface area (Å²) in [5, 5.41) is 19.7. The largest absolute Gasteiger partial charge is 0.395 e. The number of hydrogen-bond donors (Lipinski definition) is 2. The molecule has 1 aliphatic rings. The zero-order valence-electron chi connectivity index (χ0n) is 10.9. The van der Waals surface area contributed by atoms with Crippen molar-refractivity contribution >= 4 is 21.4 Å². The topological polar surface area (TPSA) is 77.8 Å². The summed E-state index contributed by atoms with van der Waals surface area (Å²) in [6.45, 7) is 0.659. The van der Waals surface area contributed by atoms with Crippen molar-refractivity contribution in [3.05, 3.63) is 34.9 Å². The van der Waals surface area contributed by atoms with Gasteiger partial charge in [-0.15, -0.1) is 0 Å². The summed E-state index contributed by atoms with van der Waals surface area (Å²) in [5.41, 5.74) is 0.919. The lowest BCUT2D eigenvalue weighted by atomic mass is 10.1. The monoisotopic (exact) mass is 319 g/mol. The predicted octanol–water partition coefficient (Wildman–Crippen LogP) is 0.292. The molecule has 1 saturated heterocycles. The maximum atomic E-state index is 11.6. The molecule has 5 nitrogen and oxygen atoms in total. The van der Waals surface area contributed by atoms with E-state index in [1.807, 2.05) is 12.1 Å². The summed E-state index contributed by atoms with van der Waals surface area (Å²) in [6.07, 6.45) is -0.911. The molecule has 20 heavy (non-hydrogen) atoms. The first-order valence-corrected chi connectivity index (χ1v) is 8.59. The van der Waals surface area contributed by atoms with Gasteiger partial charge in [0.1, 0.15) is 0 Å². The maximum Gasteiger partial charge on any atom is 0.154 e. The van der Waals surface area contributed by atoms with Gasteiger partial charge < -0.3 is 10.2 Å². The number of halogens is 1. The third kappa shape index (κ3) is 3.93. The fourth-order valence-electron chi connectivity index (χ4n) is 2.52. The molecule has 1 aliphatic heterocycles. The van der Waals surface area contributed by atoms with Crippen LogP contribution < -0.4 is 0 Å². The van der Waals surface area contributed by atoms with Crippen LogP contribution in [0.5, 0.6) is 0 Å². The first-order valence-electron chi connectivity index (χ1n) is 6.39. The Kier molecular flexibility index (Phi) is 5.04. The Morgan fingerprint density at radius 1 is 1.35 bits per heavy atom. The van der Waals surface area contributed by atoms with Crippen LogP contribution in [0.2, 0.25) is 5.02 Å². The number of benzene rings is 1. The molecule has 1 fully saturated rings. The molecule has 7 heteroatoms. The molecular weight excluding hydrogens is 302 g/mol. The van der Waals surface area contributed by atoms with Crippen LogP contribution in [0.4, 0.5) is 0 Å². The van der Waals surface area contributed by atoms with E-state index >= 15 is 0 Å². The minimum absolute atomic E-state index is 0.0747. The summed E-state index contributed by atoms with van der Waals surface area (Å²) in [6, 6.07) is 6.77. The van der Waals surface area contributed by atoms with Crippen molar-refractivity contribution in [1.29, 1.82) is 0 Å². The van der Waals surface area contributed by atoms with Gasteiger partial charge in [-0.25, -0.2) is 8.42 Å². The number of aliphatic hydroxyl groups excluding tert-OH is 2. The Balaban J connectivity index is 2.15. The van der Waals surface area contributed by atoms with E-state index in [2.05, 4.69) is 0 Å². The molecular formula is C13H18ClNO4S. The second kappa shape index (κ2) is 6.41. The lowest BCUT2D eigenvalue weighted by Crippen LogP contribution is -2.44. The highest BCUT2D eigenvalue weighted by atomic mass is 35.5. The molecule has 0 aliphatic carbocycles. The van der Waals surface area contributed by atoms with E-state index in [-0.39, 0.29) is 18.1 Å². The molecule has 0 unspecified atom stereocenters. The molecule has 1 aromatic rings. The number of rotatable bonds is 5. The quantitative estimate of drug-likeness (QED) is 0.816. The van der Waals surface area contributed by atoms with E-state index in [0.717, 1.165) is 5.56 Å². The SMILES string of the molecule is O=S1(=O)C[C@@H](N(CCO)Cc2cccc(Cl)c2)[C@@H](O)C1. The number of sulfone groups is 1. The molecule has 2 atom stereocenters. The van der Waals surface area contributed by atoms with Gasteiger partial charge in [0, 0.05) is 18.1 Å². The Morgan fingerprint density at radius 2 is 2.10 bits per heavy atom. The number of hydrogen-bond acceptors (Lipinski definition) is 5. The molecule has 0 radical (unpaired) electrons. The van der Waals surface area contributed by atoms with Gasteiger partial charge in [-0.1, -0.05) is 23.7 Å². The molecule has 0 aromatic heterocycles. The van der Waals surface area contributed by atoms with Crippen molar-refractivity contribution in [3.8, 4) is 0 Å². The van der Waals surface area contributed by atoms with Crippen LogP contribution in [-0.4, -0.2) is 60.3 Å². The van der Waals surface area contributed by atoms with E-state index < -0.39 is 22.0 Å². The Morgan fingerprint density at radius 3 is 2.65 bits per heavy atom. The van der Waals surface area contributed by atoms with Crippen LogP contribution in [0.1, 0.15) is 5.56 Å². The molecule has 1 heterocycles. The van der Waals surface area contributed by atoms with Gasteiger partial charge >= 0.3 is 0 Å². The lowest BCUT2D eigenvalue weighted by molar-refractivity contribution is 0.0655. The highest BCUT2D eigenvalue weighted by Crippen LogP contribution is 2.21. The van der Waals surface area contributed by atoms with Crippen molar-refractivity contribution < 1.29 is 18.6 Å². The summed E-state index contributed by atoms with van der Waals surface area (Å²) in [4.78, 5) is 1.79. The van der Waals surface area contributed by atoms with Gasteiger partial charge in [0.2, 0.25) is 0 Å². The van der Waals surface area contributed by atoms with Crippen molar-refractivity contribution in [2.75, 3.05) is 24.7 Å². The van der Waals surface area contributed by atoms with Gasteiger partial charge in [-0.2, -0.15) is 0 Å². The molecule has 2 rings (SSSR count). The van der Waals surface area contributed by atoms with E-state index in [1.165, 1.54) is 0 Å². The zero-order chi connectivity index (χ0) is 14.8. The average Bonchev–Trinajstić information content (AvgIpc) is 2.62. The fourth-order valence-corrected chi connectivity index (χ4v) is 4.56. The van der Waals surface area contributed by atoms with Crippen LogP contribution in [-0.2, 0) is 16.4 Å². The second-order valence-corrected chi connectivity index (χ2v) is 7.63. The average molecular weight is 320 g/mol. The van der Waals surface area contributed by atoms with Crippen LogP contribution in [0.3, 0.4) is 0 Å². The summed E-state index contributed by atoms with van der Waals surface area (Å²) in [5.74, 6) is -0.288. The predicted molar refractivity (Wildman–Crippen MR) is 77.4 cm³/mol. The maximum absolute atomic E-state index is 11.6. The number of nitrogens with zero attached hydrogens (tertiary/aromatic N) is 1. The highest BCUT2D eigenvalue weighted by molar-refractivity contribution is 7.91. The van der Waals surface area contributed by atoms with Crippen molar-refractivity contribution in [2.24, 2.45) is 0 Å². The van der Waals surface area contributed by atoms with Crippen LogP contribution >= 0.6 is 11.6 Å². The molecule has 0 spiro atoms. The van der Waals surface area contributed by atoms with Crippen molar-refractivity contribution in [2.45, 2.75) is 18.7 Å². The smallest absolute Gasteiger partial charge is 0.154 e. The van der Waals surface area contributed by atoms with Gasteiger partial charge in [0.05, 0.1) is 30.3 Å². The molecule has 0 saturated carbocycles. The summed E-state index contributed by atoms with van der Waals surface area (Å²) >= 11 is 5.93. The number of aliphatic hydroxyl groups is 2. The lowest BCUT2D eigenvalue weighted by Gasteiger charge is -2.29. The standard InChI is InChI=1S/C13H18ClNO4S/c14-11-3-1-2-10(6-11)7-15(4-5-16)12-8-20(18,19)9-13(12)17/h1-3,6,12-13,16-17H,4-5,7-9H2/t12-,13+/m1/s1. The molecule has 1 aromatic carbocycles. The Labute approximate surface area is 123 Å². The normalized spacial score (nSPS) is 25.2. The van der Waals surface area contributed by atoms with Gasteiger partial charge in [-0.05, 0) is 17.7 Å². The van der Waals surface area contributed by atoms with E-state index in [4.69, 9.17) is 16.7 Å². The third-order valence-corrected chi connectivity index (χ3v) is 5.36. The zero-order valence-corrected chi connectivity index (χ0v) is 12.5. The highest BCUT2D eigenvalue weighted by Gasteiger charge is 2.39. The minimum Gasteiger partial charge on any atom is -0.395 e. The Hall–Kier alpha value is -0.660. The third-order valence-electron chi connectivity index (χ3n) is 3.42. The van der Waals surface area contributed by atoms with E-state index in [0.29, 0.717) is 18.1 Å². The van der Waals surface area contributed by atoms with E-state index in [1.54, 1.807) is 17.0 Å². The first kappa shape index (κ1) is 15.7. The molecule has 0 bridgehead atoms. The molecule has 2 N–H and O–H groups in total. The first-order chi connectivity index (χ1) is 9.41.